The number of alkyl halides is 3. The molecule has 2 N–H and O–H groups in total. The zero-order valence-corrected chi connectivity index (χ0v) is 26.0. The fourth-order valence-corrected chi connectivity index (χ4v) is 3.87. The zero-order chi connectivity index (χ0) is 33.0. The van der Waals surface area contributed by atoms with E-state index in [0.717, 1.165) is 47.8 Å². The molecule has 0 spiro atoms. The number of methoxy groups -OCH3 is 1. The first kappa shape index (κ1) is 38.7. The Labute approximate surface area is 252 Å². The van der Waals surface area contributed by atoms with Crippen molar-refractivity contribution < 1.29 is 31.8 Å². The number of hydrogen-bond donors (Lipinski definition) is 1. The SMILES string of the molecule is C#CC.C/C=C\C=C(C)C.CCCc1c(CCC)n(Cc2cccc(F)n2)c2ccc(OC(F)(F)F)cc12.COC(N)=O. The van der Waals surface area contributed by atoms with Crippen LogP contribution in [0.1, 0.15) is 71.3 Å². The van der Waals surface area contributed by atoms with Crippen LogP contribution in [0.4, 0.5) is 22.4 Å². The Kier molecular flexibility index (Phi) is 18.6. The highest BCUT2D eigenvalue weighted by Gasteiger charge is 2.31. The van der Waals surface area contributed by atoms with Gasteiger partial charge in [-0.2, -0.15) is 4.39 Å². The number of fused-ring (bicyclic) bond motifs is 1. The van der Waals surface area contributed by atoms with Gasteiger partial charge in [0.1, 0.15) is 5.75 Å². The van der Waals surface area contributed by atoms with Gasteiger partial charge in [-0.1, -0.05) is 56.6 Å². The molecular weight excluding hydrogens is 562 g/mol. The molecule has 3 aromatic rings. The number of halogens is 4. The van der Waals surface area contributed by atoms with Crippen LogP contribution in [0.5, 0.6) is 5.75 Å². The number of amides is 1. The lowest BCUT2D eigenvalue weighted by Crippen LogP contribution is -2.17. The number of aryl methyl sites for hydroxylation is 1. The number of aromatic nitrogens is 2. The molecule has 3 rings (SSSR count). The number of nitrogens with zero attached hydrogens (tertiary/aromatic N) is 2. The Balaban J connectivity index is 0.000000975. The van der Waals surface area contributed by atoms with Crippen LogP contribution in [0.2, 0.25) is 0 Å². The highest BCUT2D eigenvalue weighted by Crippen LogP contribution is 2.34. The van der Waals surface area contributed by atoms with Crippen molar-refractivity contribution in [2.24, 2.45) is 5.73 Å². The van der Waals surface area contributed by atoms with Gasteiger partial charge in [-0.15, -0.1) is 25.5 Å². The third-order valence-corrected chi connectivity index (χ3v) is 5.39. The molecule has 0 aliphatic rings. The quantitative estimate of drug-likeness (QED) is 0.120. The Bertz CT molecular complexity index is 1370. The predicted molar refractivity (Wildman–Crippen MR) is 165 cm³/mol. The maximum atomic E-state index is 13.5. The second kappa shape index (κ2) is 20.6. The van der Waals surface area contributed by atoms with Gasteiger partial charge >= 0.3 is 12.5 Å². The molecule has 10 heteroatoms. The van der Waals surface area contributed by atoms with Crippen molar-refractivity contribution in [2.75, 3.05) is 7.11 Å². The van der Waals surface area contributed by atoms with Crippen LogP contribution in [-0.4, -0.2) is 29.1 Å². The first-order valence-corrected chi connectivity index (χ1v) is 13.8. The number of ether oxygens (including phenoxy) is 2. The lowest BCUT2D eigenvalue weighted by Gasteiger charge is -2.12. The number of pyridine rings is 1. The number of primary amides is 1. The summed E-state index contributed by atoms with van der Waals surface area (Å²) in [4.78, 5) is 13.3. The normalized spacial score (nSPS) is 10.3. The standard InChI is InChI=1S/C21H22F4N2O.C7H12.C3H4.C2H5NO2/c1-3-6-16-17-12-15(28-21(23,24)25)10-11-19(17)27(18(16)7-4-2)13-14-8-5-9-20(22)26-14;1-4-5-6-7(2)3;1-3-2;1-5-2(3)4/h5,8-12H,3-4,6-7,13H2,1-2H3;4-6H,1-3H3;1H,2H3;1H3,(H2,3,4)/b;5-4-;;. The molecule has 6 nitrogen and oxygen atoms in total. The van der Waals surface area contributed by atoms with E-state index in [9.17, 15) is 22.4 Å². The van der Waals surface area contributed by atoms with Crippen LogP contribution in [0, 0.1) is 18.3 Å². The number of allylic oxidation sites excluding steroid dienone is 4. The maximum absolute atomic E-state index is 13.5. The predicted octanol–water partition coefficient (Wildman–Crippen LogP) is 8.91. The molecule has 0 saturated carbocycles. The van der Waals surface area contributed by atoms with Gasteiger partial charge in [-0.05, 0) is 76.4 Å². The van der Waals surface area contributed by atoms with Gasteiger partial charge < -0.3 is 19.8 Å². The Morgan fingerprint density at radius 3 is 2.19 bits per heavy atom. The van der Waals surface area contributed by atoms with Crippen LogP contribution >= 0.6 is 0 Å². The average molecular weight is 606 g/mol. The lowest BCUT2D eigenvalue weighted by atomic mass is 10.0. The molecule has 0 radical (unpaired) electrons. The molecule has 236 valence electrons. The third-order valence-electron chi connectivity index (χ3n) is 5.39. The fraction of sp³-hybridized carbons (Fsp3) is 0.394. The molecule has 2 heterocycles. The van der Waals surface area contributed by atoms with Gasteiger partial charge in [0.15, 0.2) is 0 Å². The Morgan fingerprint density at radius 2 is 1.74 bits per heavy atom. The summed E-state index contributed by atoms with van der Waals surface area (Å²) in [5.74, 6) is 1.46. The summed E-state index contributed by atoms with van der Waals surface area (Å²) in [5.41, 5.74) is 9.21. The minimum Gasteiger partial charge on any atom is -0.453 e. The van der Waals surface area contributed by atoms with Crippen molar-refractivity contribution in [3.8, 4) is 18.1 Å². The summed E-state index contributed by atoms with van der Waals surface area (Å²) in [5, 5.41) is 0.739. The van der Waals surface area contributed by atoms with Crippen molar-refractivity contribution in [2.45, 2.75) is 80.1 Å². The molecule has 43 heavy (non-hydrogen) atoms. The minimum atomic E-state index is -4.74. The van der Waals surface area contributed by atoms with Crippen LogP contribution in [-0.2, 0) is 24.1 Å². The van der Waals surface area contributed by atoms with E-state index in [1.165, 1.54) is 30.9 Å². The molecule has 0 saturated heterocycles. The van der Waals surface area contributed by atoms with Gasteiger partial charge in [-0.3, -0.25) is 0 Å². The summed E-state index contributed by atoms with van der Waals surface area (Å²) in [6.07, 6.45) is 8.51. The maximum Gasteiger partial charge on any atom is 0.573 e. The first-order chi connectivity index (χ1) is 20.3. The van der Waals surface area contributed by atoms with E-state index in [-0.39, 0.29) is 5.75 Å². The van der Waals surface area contributed by atoms with Crippen molar-refractivity contribution in [3.05, 3.63) is 83.1 Å². The van der Waals surface area contributed by atoms with Crippen LogP contribution in [0.15, 0.2) is 60.2 Å². The van der Waals surface area contributed by atoms with Crippen molar-refractivity contribution in [1.82, 2.24) is 9.55 Å². The summed E-state index contributed by atoms with van der Waals surface area (Å²) < 4.78 is 61.5. The smallest absolute Gasteiger partial charge is 0.453 e. The third kappa shape index (κ3) is 15.5. The van der Waals surface area contributed by atoms with Crippen LogP contribution in [0.3, 0.4) is 0 Å². The highest BCUT2D eigenvalue weighted by atomic mass is 19.4. The largest absolute Gasteiger partial charge is 0.573 e. The van der Waals surface area contributed by atoms with Gasteiger partial charge in [0.2, 0.25) is 5.95 Å². The van der Waals surface area contributed by atoms with Crippen LogP contribution in [0.25, 0.3) is 10.9 Å². The minimum absolute atomic E-state index is 0.235. The molecule has 1 amide bonds. The van der Waals surface area contributed by atoms with E-state index in [4.69, 9.17) is 0 Å². The molecule has 0 unspecified atom stereocenters. The summed E-state index contributed by atoms with van der Waals surface area (Å²) in [7, 11) is 1.22. The summed E-state index contributed by atoms with van der Waals surface area (Å²) in [6.45, 7) is 12.3. The summed E-state index contributed by atoms with van der Waals surface area (Å²) in [6, 6.07) is 9.02. The molecule has 1 aromatic carbocycles. The molecule has 0 aliphatic heterocycles. The molecule has 0 fully saturated rings. The van der Waals surface area contributed by atoms with Gasteiger partial charge in [0, 0.05) is 16.6 Å². The number of benzene rings is 1. The van der Waals surface area contributed by atoms with Crippen molar-refractivity contribution in [1.29, 1.82) is 0 Å². The Hall–Kier alpha value is -4.26. The second-order valence-electron chi connectivity index (χ2n) is 9.27. The number of carbonyl (C=O) groups is 1. The molecule has 0 aliphatic carbocycles. The second-order valence-corrected chi connectivity index (χ2v) is 9.27. The van der Waals surface area contributed by atoms with Crippen molar-refractivity contribution >= 4 is 17.0 Å². The Morgan fingerprint density at radius 1 is 1.14 bits per heavy atom. The van der Waals surface area contributed by atoms with E-state index in [1.54, 1.807) is 25.1 Å². The number of nitrogens with two attached hydrogens (primary N) is 1. The van der Waals surface area contributed by atoms with E-state index >= 15 is 0 Å². The van der Waals surface area contributed by atoms with Gasteiger partial charge in [0.25, 0.3) is 0 Å². The van der Waals surface area contributed by atoms with Crippen LogP contribution < -0.4 is 10.5 Å². The zero-order valence-electron chi connectivity index (χ0n) is 26.0. The molecule has 2 aromatic heterocycles. The first-order valence-electron chi connectivity index (χ1n) is 13.8. The molecular formula is C33H43F4N3O3. The van der Waals surface area contributed by atoms with Gasteiger partial charge in [0.05, 0.1) is 19.3 Å². The van der Waals surface area contributed by atoms with Crippen molar-refractivity contribution in [3.63, 3.8) is 0 Å². The van der Waals surface area contributed by atoms with E-state index in [2.05, 4.69) is 59.4 Å². The number of hydrogen-bond acceptors (Lipinski definition) is 4. The monoisotopic (exact) mass is 605 g/mol. The molecule has 0 atom stereocenters. The van der Waals surface area contributed by atoms with Gasteiger partial charge in [-0.25, -0.2) is 9.78 Å². The molecule has 0 bridgehead atoms. The topological polar surface area (TPSA) is 79.4 Å². The fourth-order valence-electron chi connectivity index (χ4n) is 3.87. The van der Waals surface area contributed by atoms with E-state index in [0.29, 0.717) is 12.2 Å². The lowest BCUT2D eigenvalue weighted by molar-refractivity contribution is -0.274. The number of terminal acetylenes is 1. The van der Waals surface area contributed by atoms with E-state index in [1.807, 2.05) is 30.6 Å². The number of carbonyl (C=O) groups excluding carboxylic acids is 1. The number of rotatable bonds is 8. The van der Waals surface area contributed by atoms with E-state index < -0.39 is 18.4 Å². The highest BCUT2D eigenvalue weighted by molar-refractivity contribution is 5.87. The summed E-state index contributed by atoms with van der Waals surface area (Å²) >= 11 is 0. The average Bonchev–Trinajstić information content (AvgIpc) is 3.19.